The highest BCUT2D eigenvalue weighted by Gasteiger charge is 2.32. The zero-order valence-corrected chi connectivity index (χ0v) is 15.9. The topological polar surface area (TPSA) is 101 Å². The molecule has 1 aliphatic rings. The number of hydrogen-bond donors (Lipinski definition) is 2. The van der Waals surface area contributed by atoms with Crippen LogP contribution < -0.4 is 15.5 Å². The highest BCUT2D eigenvalue weighted by molar-refractivity contribution is 7.09. The Morgan fingerprint density at radius 2 is 2.25 bits per heavy atom. The molecule has 1 aromatic carbocycles. The molecule has 2 aromatic rings. The first-order chi connectivity index (χ1) is 13.4. The fourth-order valence-corrected chi connectivity index (χ4v) is 3.32. The molecule has 1 atom stereocenters. The van der Waals surface area contributed by atoms with Crippen molar-refractivity contribution in [3.8, 4) is 0 Å². The van der Waals surface area contributed by atoms with Crippen LogP contribution in [-0.4, -0.2) is 48.5 Å². The largest absolute Gasteiger partial charge is 0.442 e. The number of anilines is 2. The third kappa shape index (κ3) is 5.03. The Kier molecular flexibility index (Phi) is 6.19. The maximum atomic E-state index is 14.4. The lowest BCUT2D eigenvalue weighted by Crippen LogP contribution is -2.33. The van der Waals surface area contributed by atoms with Crippen LogP contribution in [0.15, 0.2) is 29.8 Å². The van der Waals surface area contributed by atoms with Gasteiger partial charge in [-0.25, -0.2) is 14.2 Å². The molecule has 148 valence electrons. The smallest absolute Gasteiger partial charge is 0.414 e. The summed E-state index contributed by atoms with van der Waals surface area (Å²) in [6, 6.07) is 4.24. The molecule has 0 bridgehead atoms. The van der Waals surface area contributed by atoms with Crippen LogP contribution >= 0.6 is 11.3 Å². The number of hydrogen-bond acceptors (Lipinski definition) is 7. The maximum Gasteiger partial charge on any atom is 0.414 e. The summed E-state index contributed by atoms with van der Waals surface area (Å²) in [6.07, 6.45) is 0.720. The molecule has 1 unspecified atom stereocenters. The van der Waals surface area contributed by atoms with E-state index in [1.165, 1.54) is 35.3 Å². The van der Waals surface area contributed by atoms with Gasteiger partial charge in [0.05, 0.1) is 42.4 Å². The molecule has 0 aliphatic carbocycles. The summed E-state index contributed by atoms with van der Waals surface area (Å²) >= 11 is 1.39. The minimum absolute atomic E-state index is 0.0274. The van der Waals surface area contributed by atoms with Gasteiger partial charge in [0.2, 0.25) is 5.91 Å². The Labute approximate surface area is 164 Å². The van der Waals surface area contributed by atoms with Crippen molar-refractivity contribution in [2.45, 2.75) is 19.4 Å². The van der Waals surface area contributed by atoms with Crippen LogP contribution in [0.3, 0.4) is 0 Å². The van der Waals surface area contributed by atoms with Crippen LogP contribution in [0.25, 0.3) is 0 Å². The SMILES string of the molecule is CC(=O)NCC1CN(c2ccc(NCC(=O)Cc3nccs3)c(F)c2)C(=O)O1. The van der Waals surface area contributed by atoms with E-state index < -0.39 is 18.0 Å². The van der Waals surface area contributed by atoms with Crippen molar-refractivity contribution in [1.29, 1.82) is 0 Å². The van der Waals surface area contributed by atoms with Gasteiger partial charge in [0.15, 0.2) is 5.78 Å². The molecule has 28 heavy (non-hydrogen) atoms. The summed E-state index contributed by atoms with van der Waals surface area (Å²) < 4.78 is 19.6. The predicted octanol–water partition coefficient (Wildman–Crippen LogP) is 1.97. The summed E-state index contributed by atoms with van der Waals surface area (Å²) in [7, 11) is 0. The molecule has 1 fully saturated rings. The number of amides is 2. The zero-order chi connectivity index (χ0) is 20.1. The molecule has 2 heterocycles. The fourth-order valence-electron chi connectivity index (χ4n) is 2.68. The number of carbonyl (C=O) groups excluding carboxylic acids is 3. The van der Waals surface area contributed by atoms with Crippen molar-refractivity contribution in [3.63, 3.8) is 0 Å². The molecule has 0 radical (unpaired) electrons. The standard InChI is InChI=1S/C18H19FN4O4S/c1-11(24)21-9-14-10-23(18(26)27-14)12-2-3-16(15(19)6-12)22-8-13(25)7-17-20-4-5-28-17/h2-6,14,22H,7-10H2,1H3,(H,21,24). The van der Waals surface area contributed by atoms with Gasteiger partial charge in [-0.05, 0) is 18.2 Å². The molecule has 3 rings (SSSR count). The number of cyclic esters (lactones) is 1. The number of carbonyl (C=O) groups is 3. The van der Waals surface area contributed by atoms with Crippen molar-refractivity contribution < 1.29 is 23.5 Å². The molecule has 2 amide bonds. The Morgan fingerprint density at radius 1 is 1.43 bits per heavy atom. The van der Waals surface area contributed by atoms with Gasteiger partial charge in [-0.3, -0.25) is 14.5 Å². The summed E-state index contributed by atoms with van der Waals surface area (Å²) in [5.74, 6) is -0.916. The Morgan fingerprint density at radius 3 is 2.93 bits per heavy atom. The lowest BCUT2D eigenvalue weighted by molar-refractivity contribution is -0.119. The third-order valence-electron chi connectivity index (χ3n) is 4.02. The van der Waals surface area contributed by atoms with E-state index in [4.69, 9.17) is 4.74 Å². The predicted molar refractivity (Wildman–Crippen MR) is 102 cm³/mol. The number of thiazole rings is 1. The number of rotatable bonds is 8. The molecule has 1 saturated heterocycles. The molecule has 0 saturated carbocycles. The Balaban J connectivity index is 1.57. The van der Waals surface area contributed by atoms with Crippen LogP contribution in [0.5, 0.6) is 0 Å². The average Bonchev–Trinajstić information content (AvgIpc) is 3.28. The molecular formula is C18H19FN4O4S. The van der Waals surface area contributed by atoms with Gasteiger partial charge in [0, 0.05) is 18.5 Å². The number of Topliss-reactive ketones (excluding diaryl/α,β-unsaturated/α-hetero) is 1. The zero-order valence-electron chi connectivity index (χ0n) is 15.1. The number of nitrogens with one attached hydrogen (secondary N) is 2. The molecule has 1 aromatic heterocycles. The number of halogens is 1. The summed E-state index contributed by atoms with van der Waals surface area (Å²) in [6.45, 7) is 1.75. The molecule has 0 spiro atoms. The summed E-state index contributed by atoms with van der Waals surface area (Å²) in [5, 5.41) is 7.85. The van der Waals surface area contributed by atoms with Crippen molar-refractivity contribution in [2.24, 2.45) is 0 Å². The first-order valence-corrected chi connectivity index (χ1v) is 9.46. The van der Waals surface area contributed by atoms with Gasteiger partial charge in [-0.1, -0.05) is 0 Å². The van der Waals surface area contributed by atoms with Gasteiger partial charge in [-0.2, -0.15) is 0 Å². The second-order valence-corrected chi connectivity index (χ2v) is 7.19. The fraction of sp³-hybridized carbons (Fsp3) is 0.333. The van der Waals surface area contributed by atoms with Gasteiger partial charge < -0.3 is 15.4 Å². The van der Waals surface area contributed by atoms with Crippen molar-refractivity contribution in [3.05, 3.63) is 40.6 Å². The number of ether oxygens (including phenoxy) is 1. The molecule has 1 aliphatic heterocycles. The minimum Gasteiger partial charge on any atom is -0.442 e. The van der Waals surface area contributed by atoms with Crippen molar-refractivity contribution >= 4 is 40.5 Å². The number of aromatic nitrogens is 1. The number of nitrogens with zero attached hydrogens (tertiary/aromatic N) is 2. The van der Waals surface area contributed by atoms with E-state index in [1.54, 1.807) is 17.6 Å². The van der Waals surface area contributed by atoms with E-state index in [9.17, 15) is 18.8 Å². The summed E-state index contributed by atoms with van der Waals surface area (Å²) in [5.41, 5.74) is 0.506. The van der Waals surface area contributed by atoms with Crippen LogP contribution in [0.4, 0.5) is 20.6 Å². The van der Waals surface area contributed by atoms with Crippen molar-refractivity contribution in [1.82, 2.24) is 10.3 Å². The van der Waals surface area contributed by atoms with Crippen LogP contribution in [0.2, 0.25) is 0 Å². The van der Waals surface area contributed by atoms with E-state index in [-0.39, 0.29) is 43.4 Å². The maximum absolute atomic E-state index is 14.4. The second kappa shape index (κ2) is 8.79. The lowest BCUT2D eigenvalue weighted by Gasteiger charge is -2.15. The van der Waals surface area contributed by atoms with E-state index in [1.807, 2.05) is 0 Å². The monoisotopic (exact) mass is 406 g/mol. The second-order valence-electron chi connectivity index (χ2n) is 6.21. The first-order valence-electron chi connectivity index (χ1n) is 8.58. The quantitative estimate of drug-likeness (QED) is 0.695. The van der Waals surface area contributed by atoms with Gasteiger partial charge >= 0.3 is 6.09 Å². The first kappa shape index (κ1) is 19.7. The highest BCUT2D eigenvalue weighted by atomic mass is 32.1. The molecule has 10 heteroatoms. The van der Waals surface area contributed by atoms with Gasteiger partial charge in [0.1, 0.15) is 11.9 Å². The minimum atomic E-state index is -0.603. The van der Waals surface area contributed by atoms with E-state index in [0.717, 1.165) is 0 Å². The lowest BCUT2D eigenvalue weighted by atomic mass is 10.2. The molecule has 2 N–H and O–H groups in total. The van der Waals surface area contributed by atoms with Crippen molar-refractivity contribution in [2.75, 3.05) is 29.9 Å². The number of ketones is 1. The van der Waals surface area contributed by atoms with E-state index >= 15 is 0 Å². The van der Waals surface area contributed by atoms with E-state index in [0.29, 0.717) is 10.7 Å². The summed E-state index contributed by atoms with van der Waals surface area (Å²) in [4.78, 5) is 40.2. The van der Waals surface area contributed by atoms with Crippen LogP contribution in [0, 0.1) is 5.82 Å². The molecule has 8 nitrogen and oxygen atoms in total. The van der Waals surface area contributed by atoms with E-state index in [2.05, 4.69) is 15.6 Å². The Hall–Kier alpha value is -3.01. The molecular weight excluding hydrogens is 387 g/mol. The van der Waals surface area contributed by atoms with Gasteiger partial charge in [0.25, 0.3) is 0 Å². The average molecular weight is 406 g/mol. The normalized spacial score (nSPS) is 16.0. The third-order valence-corrected chi connectivity index (χ3v) is 4.80. The highest BCUT2D eigenvalue weighted by Crippen LogP contribution is 2.26. The van der Waals surface area contributed by atoms with Crippen LogP contribution in [0.1, 0.15) is 11.9 Å². The number of benzene rings is 1. The van der Waals surface area contributed by atoms with Gasteiger partial charge in [-0.15, -0.1) is 11.3 Å². The Bertz CT molecular complexity index is 874. The van der Waals surface area contributed by atoms with Crippen LogP contribution in [-0.2, 0) is 20.7 Å².